The van der Waals surface area contributed by atoms with Crippen LogP contribution in [0.5, 0.6) is 0 Å². The van der Waals surface area contributed by atoms with Crippen molar-refractivity contribution in [3.05, 3.63) is 176 Å². The molecular weight excluding hydrogens is 703 g/mol. The average Bonchev–Trinajstić information content (AvgIpc) is 3.99. The molecule has 4 heterocycles. The van der Waals surface area contributed by atoms with Crippen molar-refractivity contribution in [1.82, 2.24) is 24.5 Å². The SMILES string of the molecule is c1ccc(-c2nc(-c3cccc(-n4c5ccccc5c5ccccc54)c3)nc(-c3cc4c(oc5ccc6nc(-c7ccccc7)oc6c54)c4ccccc34)n2)cc1. The average molecular weight is 732 g/mol. The van der Waals surface area contributed by atoms with E-state index < -0.39 is 0 Å². The van der Waals surface area contributed by atoms with Gasteiger partial charge in [-0.2, -0.15) is 0 Å². The molecule has 0 bridgehead atoms. The number of rotatable bonds is 5. The number of hydrogen-bond acceptors (Lipinski definition) is 6. The summed E-state index contributed by atoms with van der Waals surface area (Å²) in [5.41, 5.74) is 9.78. The molecule has 0 saturated carbocycles. The third kappa shape index (κ3) is 4.92. The van der Waals surface area contributed by atoms with Crippen molar-refractivity contribution < 1.29 is 8.83 Å². The second kappa shape index (κ2) is 12.3. The maximum Gasteiger partial charge on any atom is 0.227 e. The quantitative estimate of drug-likeness (QED) is 0.175. The molecule has 0 atom stereocenters. The van der Waals surface area contributed by atoms with Crippen molar-refractivity contribution in [3.8, 4) is 51.3 Å². The molecule has 0 spiro atoms. The Morgan fingerprint density at radius 1 is 0.386 bits per heavy atom. The molecule has 7 heteroatoms. The predicted octanol–water partition coefficient (Wildman–Crippen LogP) is 12.8. The van der Waals surface area contributed by atoms with Gasteiger partial charge in [-0.25, -0.2) is 19.9 Å². The van der Waals surface area contributed by atoms with E-state index in [0.29, 0.717) is 28.9 Å². The van der Waals surface area contributed by atoms with Gasteiger partial charge in [-0.3, -0.25) is 0 Å². The lowest BCUT2D eigenvalue weighted by molar-refractivity contribution is 0.622. The van der Waals surface area contributed by atoms with Crippen LogP contribution in [0.15, 0.2) is 185 Å². The first-order chi connectivity index (χ1) is 28.2. The maximum absolute atomic E-state index is 6.63. The van der Waals surface area contributed by atoms with Crippen molar-refractivity contribution >= 4 is 65.6 Å². The normalized spacial score (nSPS) is 11.9. The van der Waals surface area contributed by atoms with Gasteiger partial charge in [-0.15, -0.1) is 0 Å². The Kier molecular flexibility index (Phi) is 6.79. The van der Waals surface area contributed by atoms with Gasteiger partial charge in [0.05, 0.1) is 16.4 Å². The van der Waals surface area contributed by atoms with Crippen LogP contribution in [0.25, 0.3) is 117 Å². The fraction of sp³-hybridized carbons (Fsp3) is 0. The van der Waals surface area contributed by atoms with E-state index in [1.165, 1.54) is 10.8 Å². The largest absolute Gasteiger partial charge is 0.455 e. The molecule has 0 aliphatic rings. The van der Waals surface area contributed by atoms with E-state index in [1.54, 1.807) is 0 Å². The number of nitrogens with zero attached hydrogens (tertiary/aromatic N) is 5. The minimum Gasteiger partial charge on any atom is -0.455 e. The summed E-state index contributed by atoms with van der Waals surface area (Å²) in [6.45, 7) is 0. The zero-order valence-electron chi connectivity index (χ0n) is 30.3. The second-order valence-electron chi connectivity index (χ2n) is 14.2. The van der Waals surface area contributed by atoms with E-state index in [9.17, 15) is 0 Å². The summed E-state index contributed by atoms with van der Waals surface area (Å²) in [5, 5.41) is 6.10. The molecule has 4 aromatic heterocycles. The van der Waals surface area contributed by atoms with Gasteiger partial charge in [0.15, 0.2) is 23.1 Å². The molecule has 0 amide bonds. The third-order valence-electron chi connectivity index (χ3n) is 10.9. The highest BCUT2D eigenvalue weighted by molar-refractivity contribution is 6.24. The Morgan fingerprint density at radius 2 is 0.982 bits per heavy atom. The number of fused-ring (bicyclic) bond motifs is 10. The second-order valence-corrected chi connectivity index (χ2v) is 14.2. The van der Waals surface area contributed by atoms with Crippen molar-refractivity contribution in [1.29, 1.82) is 0 Å². The van der Waals surface area contributed by atoms with Crippen LogP contribution in [-0.2, 0) is 0 Å². The van der Waals surface area contributed by atoms with Gasteiger partial charge in [0.25, 0.3) is 0 Å². The van der Waals surface area contributed by atoms with E-state index in [0.717, 1.165) is 77.2 Å². The molecule has 0 N–H and O–H groups in total. The van der Waals surface area contributed by atoms with Gasteiger partial charge in [0, 0.05) is 49.5 Å². The smallest absolute Gasteiger partial charge is 0.227 e. The van der Waals surface area contributed by atoms with Crippen LogP contribution in [0.4, 0.5) is 0 Å². The Hall–Kier alpha value is -7.90. The fourth-order valence-corrected chi connectivity index (χ4v) is 8.28. The summed E-state index contributed by atoms with van der Waals surface area (Å²) in [7, 11) is 0. The summed E-state index contributed by atoms with van der Waals surface area (Å²) in [4.78, 5) is 20.5. The first-order valence-electron chi connectivity index (χ1n) is 18.9. The van der Waals surface area contributed by atoms with Crippen molar-refractivity contribution in [3.63, 3.8) is 0 Å². The number of benzene rings is 8. The molecule has 12 rings (SSSR count). The van der Waals surface area contributed by atoms with Gasteiger partial charge in [0.2, 0.25) is 5.89 Å². The summed E-state index contributed by atoms with van der Waals surface area (Å²) in [6.07, 6.45) is 0. The Bertz CT molecular complexity index is 3480. The van der Waals surface area contributed by atoms with Crippen molar-refractivity contribution in [2.45, 2.75) is 0 Å². The maximum atomic E-state index is 6.63. The standard InChI is InChI=1S/C50H29N5O2/c1-3-14-30(15-4-1)47-52-48(32-18-13-19-33(28-32)55-41-24-11-9-21-35(41)36-22-10-12-25-42(36)55)54-49(53-47)38-29-39-44-43(56-45(39)37-23-8-7-20-34(37)38)27-26-40-46(44)57-50(51-40)31-16-5-2-6-17-31/h1-29H. The van der Waals surface area contributed by atoms with Crippen LogP contribution in [0, 0.1) is 0 Å². The van der Waals surface area contributed by atoms with Gasteiger partial charge in [-0.1, -0.05) is 121 Å². The third-order valence-corrected chi connectivity index (χ3v) is 10.9. The van der Waals surface area contributed by atoms with E-state index >= 15 is 0 Å². The summed E-state index contributed by atoms with van der Waals surface area (Å²) in [6, 6.07) is 59.9. The minimum atomic E-state index is 0.559. The van der Waals surface area contributed by atoms with Gasteiger partial charge < -0.3 is 13.4 Å². The molecular formula is C50H29N5O2. The molecule has 0 aliphatic carbocycles. The zero-order valence-corrected chi connectivity index (χ0v) is 30.3. The van der Waals surface area contributed by atoms with Crippen LogP contribution in [-0.4, -0.2) is 24.5 Å². The lowest BCUT2D eigenvalue weighted by atomic mass is 9.99. The molecule has 12 aromatic rings. The number of hydrogen-bond donors (Lipinski definition) is 0. The molecule has 0 aliphatic heterocycles. The van der Waals surface area contributed by atoms with E-state index in [1.807, 2.05) is 84.9 Å². The van der Waals surface area contributed by atoms with Gasteiger partial charge in [-0.05, 0) is 60.0 Å². The summed E-state index contributed by atoms with van der Waals surface area (Å²) in [5.74, 6) is 2.28. The van der Waals surface area contributed by atoms with Crippen LogP contribution in [0.3, 0.4) is 0 Å². The van der Waals surface area contributed by atoms with E-state index in [2.05, 4.69) is 95.6 Å². The van der Waals surface area contributed by atoms with E-state index in [4.69, 9.17) is 28.8 Å². The molecule has 57 heavy (non-hydrogen) atoms. The highest BCUT2D eigenvalue weighted by Gasteiger charge is 2.22. The number of oxazole rings is 1. The number of aromatic nitrogens is 5. The highest BCUT2D eigenvalue weighted by atomic mass is 16.4. The molecule has 0 fully saturated rings. The fourth-order valence-electron chi connectivity index (χ4n) is 8.28. The van der Waals surface area contributed by atoms with Gasteiger partial charge >= 0.3 is 0 Å². The lowest BCUT2D eigenvalue weighted by Gasteiger charge is -2.12. The Labute approximate surface area is 325 Å². The minimum absolute atomic E-state index is 0.559. The first-order valence-corrected chi connectivity index (χ1v) is 18.9. The lowest BCUT2D eigenvalue weighted by Crippen LogP contribution is -2.01. The van der Waals surface area contributed by atoms with E-state index in [-0.39, 0.29) is 0 Å². The predicted molar refractivity (Wildman–Crippen MR) is 228 cm³/mol. The Balaban J connectivity index is 1.10. The van der Waals surface area contributed by atoms with Crippen LogP contribution in [0.1, 0.15) is 0 Å². The van der Waals surface area contributed by atoms with Gasteiger partial charge in [0.1, 0.15) is 16.7 Å². The number of para-hydroxylation sites is 2. The first kappa shape index (κ1) is 31.5. The molecule has 0 radical (unpaired) electrons. The number of furan rings is 1. The van der Waals surface area contributed by atoms with Crippen LogP contribution in [0.2, 0.25) is 0 Å². The van der Waals surface area contributed by atoms with Crippen LogP contribution >= 0.6 is 0 Å². The van der Waals surface area contributed by atoms with Crippen molar-refractivity contribution in [2.24, 2.45) is 0 Å². The molecule has 0 saturated heterocycles. The topological polar surface area (TPSA) is 82.8 Å². The highest BCUT2D eigenvalue weighted by Crippen LogP contribution is 2.43. The summed E-state index contributed by atoms with van der Waals surface area (Å²) < 4.78 is 15.5. The van der Waals surface area contributed by atoms with Crippen LogP contribution < -0.4 is 0 Å². The summed E-state index contributed by atoms with van der Waals surface area (Å²) >= 11 is 0. The molecule has 7 nitrogen and oxygen atoms in total. The van der Waals surface area contributed by atoms with Crippen molar-refractivity contribution in [2.75, 3.05) is 0 Å². The molecule has 266 valence electrons. The Morgan fingerprint density at radius 3 is 1.72 bits per heavy atom. The zero-order chi connectivity index (χ0) is 37.5. The monoisotopic (exact) mass is 731 g/mol. The molecule has 0 unspecified atom stereocenters. The molecule has 8 aromatic carbocycles.